The maximum absolute atomic E-state index is 11.3. The van der Waals surface area contributed by atoms with Gasteiger partial charge < -0.3 is 0 Å². The molecule has 0 unspecified atom stereocenters. The van der Waals surface area contributed by atoms with Crippen molar-refractivity contribution in [3.05, 3.63) is 0 Å². The third-order valence-electron chi connectivity index (χ3n) is 0.572. The fourth-order valence-corrected chi connectivity index (χ4v) is 0.193. The van der Waals surface area contributed by atoms with Gasteiger partial charge >= 0.3 is 12.1 Å². The van der Waals surface area contributed by atoms with Crippen molar-refractivity contribution in [1.29, 1.82) is 0 Å². The Morgan fingerprint density at radius 2 is 1.82 bits per heavy atom. The van der Waals surface area contributed by atoms with Gasteiger partial charge in [0.15, 0.2) is 0 Å². The van der Waals surface area contributed by atoms with Crippen molar-refractivity contribution >= 4 is 11.8 Å². The Morgan fingerprint density at radius 3 is 2.09 bits per heavy atom. The van der Waals surface area contributed by atoms with Gasteiger partial charge in [-0.15, -0.1) is 5.43 Å². The molecule has 0 spiro atoms. The molecule has 0 saturated heterocycles. The topological polar surface area (TPSA) is 60.3 Å². The molecule has 11 heavy (non-hydrogen) atoms. The average Bonchev–Trinajstić information content (AvgIpc) is 1.80. The minimum absolute atomic E-state index is 0.900. The van der Waals surface area contributed by atoms with E-state index in [9.17, 15) is 22.8 Å². The van der Waals surface area contributed by atoms with Crippen molar-refractivity contribution in [1.82, 2.24) is 10.9 Å². The van der Waals surface area contributed by atoms with Crippen LogP contribution in [-0.2, 0) is 9.59 Å². The Labute approximate surface area is 59.7 Å². The van der Waals surface area contributed by atoms with Crippen LogP contribution in [0.5, 0.6) is 0 Å². The summed E-state index contributed by atoms with van der Waals surface area (Å²) in [5.41, 5.74) is 3.57. The fraction of sp³-hybridized carbons (Fsp3) is 0.500. The highest BCUT2D eigenvalue weighted by molar-refractivity contribution is 5.84. The van der Waals surface area contributed by atoms with Crippen LogP contribution in [0.25, 0.3) is 0 Å². The molecule has 7 heteroatoms. The molecular weight excluding hydrogens is 165 g/mol. The molecule has 0 fully saturated rings. The van der Waals surface area contributed by atoms with E-state index in [2.05, 4.69) is 5.43 Å². The van der Waals surface area contributed by atoms with E-state index in [-0.39, 0.29) is 0 Å². The highest BCUT2D eigenvalue weighted by Crippen LogP contribution is 2.13. The number of carbonyl (C=O) groups excluding carboxylic acids is 2. The number of alkyl halides is 3. The van der Waals surface area contributed by atoms with Gasteiger partial charge in [0, 0.05) is 6.92 Å². The van der Waals surface area contributed by atoms with Crippen LogP contribution in [0.1, 0.15) is 6.92 Å². The number of carbonyl (C=O) groups is 2. The molecular formula is C4H4F3N2O2. The van der Waals surface area contributed by atoms with Crippen LogP contribution in [0, 0.1) is 0 Å². The normalized spacial score (nSPS) is 10.5. The number of nitrogens with one attached hydrogen (secondary N) is 1. The van der Waals surface area contributed by atoms with Gasteiger partial charge in [0.2, 0.25) is 0 Å². The van der Waals surface area contributed by atoms with E-state index in [1.807, 2.05) is 0 Å². The third-order valence-corrected chi connectivity index (χ3v) is 0.572. The molecule has 63 valence electrons. The van der Waals surface area contributed by atoms with Crippen molar-refractivity contribution < 1.29 is 22.8 Å². The zero-order valence-corrected chi connectivity index (χ0v) is 5.40. The summed E-state index contributed by atoms with van der Waals surface area (Å²) in [6, 6.07) is 0. The largest absolute Gasteiger partial charge is 0.473 e. The van der Waals surface area contributed by atoms with Crippen LogP contribution in [0.2, 0.25) is 0 Å². The highest BCUT2D eigenvalue weighted by atomic mass is 19.4. The van der Waals surface area contributed by atoms with Gasteiger partial charge in [-0.25, -0.2) is 5.43 Å². The SMILES string of the molecule is CC(=O)[N]NC(=O)C(F)(F)F. The van der Waals surface area contributed by atoms with Crippen molar-refractivity contribution in [2.24, 2.45) is 0 Å². The lowest BCUT2D eigenvalue weighted by molar-refractivity contribution is -0.175. The van der Waals surface area contributed by atoms with Gasteiger partial charge in [-0.2, -0.15) is 13.2 Å². The molecule has 0 atom stereocenters. The summed E-state index contributed by atoms with van der Waals surface area (Å²) < 4.78 is 33.9. The number of rotatable bonds is 0. The summed E-state index contributed by atoms with van der Waals surface area (Å²) in [5, 5.41) is 0. The Hall–Kier alpha value is -1.27. The van der Waals surface area contributed by atoms with E-state index < -0.39 is 18.0 Å². The molecule has 0 aliphatic rings. The third kappa shape index (κ3) is 4.18. The standard InChI is InChI=1S/C4H4F3N2O2/c1-2(10)8-9-3(11)4(5,6)7/h1H3,(H,9,11). The Bertz CT molecular complexity index is 177. The van der Waals surface area contributed by atoms with Gasteiger partial charge in [-0.05, 0) is 0 Å². The highest BCUT2D eigenvalue weighted by Gasteiger charge is 2.39. The molecule has 0 aromatic heterocycles. The minimum Gasteiger partial charge on any atom is -0.271 e. The molecule has 0 bridgehead atoms. The van der Waals surface area contributed by atoms with Crippen LogP contribution in [-0.4, -0.2) is 18.0 Å². The second-order valence-corrected chi connectivity index (χ2v) is 1.57. The van der Waals surface area contributed by atoms with E-state index in [0.717, 1.165) is 12.3 Å². The first-order valence-corrected chi connectivity index (χ1v) is 2.42. The predicted molar refractivity (Wildman–Crippen MR) is 27.0 cm³/mol. The summed E-state index contributed by atoms with van der Waals surface area (Å²) in [7, 11) is 0. The van der Waals surface area contributed by atoms with Crippen LogP contribution < -0.4 is 10.9 Å². The van der Waals surface area contributed by atoms with E-state index in [1.54, 1.807) is 0 Å². The molecule has 4 nitrogen and oxygen atoms in total. The summed E-state index contributed by atoms with van der Waals surface area (Å²) in [6.07, 6.45) is -5.00. The molecule has 0 heterocycles. The average molecular weight is 169 g/mol. The Morgan fingerprint density at radius 1 is 1.36 bits per heavy atom. The Balaban J connectivity index is 3.80. The van der Waals surface area contributed by atoms with E-state index in [0.29, 0.717) is 0 Å². The van der Waals surface area contributed by atoms with Gasteiger partial charge in [-0.1, -0.05) is 0 Å². The zero-order chi connectivity index (χ0) is 9.07. The lowest BCUT2D eigenvalue weighted by Crippen LogP contribution is -2.42. The number of halogens is 3. The van der Waals surface area contributed by atoms with Crippen molar-refractivity contribution in [3.63, 3.8) is 0 Å². The number of nitrogens with zero attached hydrogens (tertiary/aromatic N) is 1. The lowest BCUT2D eigenvalue weighted by atomic mass is 10.6. The zero-order valence-electron chi connectivity index (χ0n) is 5.40. The number of amides is 2. The van der Waals surface area contributed by atoms with Gasteiger partial charge in [0.25, 0.3) is 5.91 Å². The monoisotopic (exact) mass is 169 g/mol. The smallest absolute Gasteiger partial charge is 0.271 e. The van der Waals surface area contributed by atoms with Crippen LogP contribution in [0.3, 0.4) is 0 Å². The molecule has 0 aromatic carbocycles. The number of hydrogen-bond acceptors (Lipinski definition) is 2. The maximum Gasteiger partial charge on any atom is 0.473 e. The first-order valence-electron chi connectivity index (χ1n) is 2.42. The van der Waals surface area contributed by atoms with E-state index in [1.165, 1.54) is 0 Å². The second-order valence-electron chi connectivity index (χ2n) is 1.57. The summed E-state index contributed by atoms with van der Waals surface area (Å²) >= 11 is 0. The maximum atomic E-state index is 11.3. The van der Waals surface area contributed by atoms with E-state index >= 15 is 0 Å². The molecule has 0 aliphatic carbocycles. The Kier molecular flexibility index (Phi) is 2.85. The summed E-state index contributed by atoms with van der Waals surface area (Å²) in [5.74, 6) is -3.16. The van der Waals surface area contributed by atoms with Gasteiger partial charge in [-0.3, -0.25) is 9.59 Å². The second kappa shape index (κ2) is 3.22. The molecule has 0 aliphatic heterocycles. The van der Waals surface area contributed by atoms with Crippen LogP contribution >= 0.6 is 0 Å². The summed E-state index contributed by atoms with van der Waals surface area (Å²) in [4.78, 5) is 19.8. The molecule has 1 radical (unpaired) electrons. The summed E-state index contributed by atoms with van der Waals surface area (Å²) in [6.45, 7) is 0.913. The molecule has 1 N–H and O–H groups in total. The quantitative estimate of drug-likeness (QED) is 0.507. The molecule has 0 saturated carbocycles. The first-order chi connectivity index (χ1) is 4.84. The fourth-order valence-electron chi connectivity index (χ4n) is 0.193. The van der Waals surface area contributed by atoms with Crippen molar-refractivity contribution in [2.75, 3.05) is 0 Å². The van der Waals surface area contributed by atoms with Gasteiger partial charge in [0.1, 0.15) is 0 Å². The minimum atomic E-state index is -5.00. The van der Waals surface area contributed by atoms with E-state index in [4.69, 9.17) is 0 Å². The molecule has 2 amide bonds. The van der Waals surface area contributed by atoms with Crippen molar-refractivity contribution in [3.8, 4) is 0 Å². The van der Waals surface area contributed by atoms with Gasteiger partial charge in [0.05, 0.1) is 0 Å². The number of hydrogen-bond donors (Lipinski definition) is 1. The predicted octanol–water partition coefficient (Wildman–Crippen LogP) is -0.269. The van der Waals surface area contributed by atoms with Crippen LogP contribution in [0.15, 0.2) is 0 Å². The molecule has 0 aromatic rings. The lowest BCUT2D eigenvalue weighted by Gasteiger charge is -2.04. The first kappa shape index (κ1) is 9.73. The molecule has 0 rings (SSSR count). The van der Waals surface area contributed by atoms with Crippen LogP contribution in [0.4, 0.5) is 13.2 Å². The van der Waals surface area contributed by atoms with Crippen molar-refractivity contribution in [2.45, 2.75) is 13.1 Å².